The quantitative estimate of drug-likeness (QED) is 0.535. The van der Waals surface area contributed by atoms with Crippen LogP contribution in [0.2, 0.25) is 0 Å². The van der Waals surface area contributed by atoms with Crippen LogP contribution in [0.15, 0.2) is 30.3 Å². The van der Waals surface area contributed by atoms with E-state index in [1.807, 2.05) is 12.1 Å². The van der Waals surface area contributed by atoms with Gasteiger partial charge in [0.1, 0.15) is 12.4 Å². The van der Waals surface area contributed by atoms with E-state index in [2.05, 4.69) is 11.8 Å². The molecule has 0 amide bonds. The fraction of sp³-hybridized carbons (Fsp3) is 0.200. The number of hydrogen-bond donors (Lipinski definition) is 1. The molecule has 0 aliphatic heterocycles. The number of nitro groups is 1. The number of thiophene rings is 1. The molecule has 2 aromatic rings. The zero-order valence-corrected chi connectivity index (χ0v) is 12.3. The van der Waals surface area contributed by atoms with Crippen molar-refractivity contribution < 1.29 is 9.66 Å². The Morgan fingerprint density at radius 2 is 2.19 bits per heavy atom. The van der Waals surface area contributed by atoms with Crippen LogP contribution in [0.25, 0.3) is 0 Å². The molecular formula is C15H14N2O3S. The number of nitrogens with zero attached hydrogens (tertiary/aromatic N) is 1. The minimum absolute atomic E-state index is 0.0631. The van der Waals surface area contributed by atoms with Crippen LogP contribution >= 0.6 is 11.3 Å². The molecule has 0 aliphatic rings. The molecule has 0 saturated heterocycles. The Morgan fingerprint density at radius 3 is 2.90 bits per heavy atom. The van der Waals surface area contributed by atoms with Gasteiger partial charge in [0.15, 0.2) is 0 Å². The van der Waals surface area contributed by atoms with E-state index >= 15 is 0 Å². The zero-order chi connectivity index (χ0) is 15.2. The van der Waals surface area contributed by atoms with Crippen LogP contribution in [0, 0.1) is 28.9 Å². The third-order valence-electron chi connectivity index (χ3n) is 2.80. The summed E-state index contributed by atoms with van der Waals surface area (Å²) in [4.78, 5) is 12.4. The first-order valence-corrected chi connectivity index (χ1v) is 7.08. The van der Waals surface area contributed by atoms with E-state index in [4.69, 9.17) is 10.5 Å². The van der Waals surface area contributed by atoms with Crippen LogP contribution in [0.5, 0.6) is 5.75 Å². The lowest BCUT2D eigenvalue weighted by atomic mass is 10.2. The Hall–Kier alpha value is -2.36. The van der Waals surface area contributed by atoms with E-state index in [0.29, 0.717) is 24.5 Å². The molecule has 0 bridgehead atoms. The van der Waals surface area contributed by atoms with Crippen LogP contribution in [-0.4, -0.2) is 11.5 Å². The van der Waals surface area contributed by atoms with Crippen molar-refractivity contribution in [3.63, 3.8) is 0 Å². The molecule has 5 nitrogen and oxygen atoms in total. The third-order valence-corrected chi connectivity index (χ3v) is 3.77. The van der Waals surface area contributed by atoms with Gasteiger partial charge in [-0.3, -0.25) is 10.1 Å². The lowest BCUT2D eigenvalue weighted by Gasteiger charge is -2.07. The number of hydrogen-bond acceptors (Lipinski definition) is 5. The van der Waals surface area contributed by atoms with Crippen LogP contribution in [0.4, 0.5) is 5.69 Å². The lowest BCUT2D eigenvalue weighted by Crippen LogP contribution is -1.98. The number of nitro benzene ring substituents is 1. The maximum absolute atomic E-state index is 10.9. The Kier molecular flexibility index (Phi) is 4.93. The van der Waals surface area contributed by atoms with Crippen molar-refractivity contribution in [3.8, 4) is 17.6 Å². The van der Waals surface area contributed by atoms with E-state index in [-0.39, 0.29) is 5.69 Å². The summed E-state index contributed by atoms with van der Waals surface area (Å²) in [5, 5.41) is 10.9. The van der Waals surface area contributed by atoms with Crippen molar-refractivity contribution in [2.75, 3.05) is 6.54 Å². The number of ether oxygens (including phenoxy) is 1. The minimum atomic E-state index is -0.409. The van der Waals surface area contributed by atoms with Gasteiger partial charge in [-0.25, -0.2) is 0 Å². The number of rotatable bonds is 4. The minimum Gasteiger partial charge on any atom is -0.488 e. The molecule has 21 heavy (non-hydrogen) atoms. The highest BCUT2D eigenvalue weighted by atomic mass is 32.1. The number of nitrogens with two attached hydrogens (primary N) is 1. The van der Waals surface area contributed by atoms with Gasteiger partial charge in [0.25, 0.3) is 5.69 Å². The van der Waals surface area contributed by atoms with E-state index < -0.39 is 4.92 Å². The second-order valence-electron chi connectivity index (χ2n) is 4.22. The summed E-state index contributed by atoms with van der Waals surface area (Å²) in [6.07, 6.45) is 0. The average molecular weight is 302 g/mol. The van der Waals surface area contributed by atoms with Gasteiger partial charge in [0, 0.05) is 10.9 Å². The maximum Gasteiger partial charge on any atom is 0.276 e. The van der Waals surface area contributed by atoms with Gasteiger partial charge in [-0.1, -0.05) is 17.9 Å². The summed E-state index contributed by atoms with van der Waals surface area (Å²) >= 11 is 1.52. The van der Waals surface area contributed by atoms with Gasteiger partial charge in [0.2, 0.25) is 0 Å². The SMILES string of the molecule is Cc1c(OCc2ccc(C#CCN)s2)cccc1[N+](=O)[O-]. The lowest BCUT2D eigenvalue weighted by molar-refractivity contribution is -0.385. The topological polar surface area (TPSA) is 78.4 Å². The van der Waals surface area contributed by atoms with Gasteiger partial charge in [0.05, 0.1) is 21.9 Å². The summed E-state index contributed by atoms with van der Waals surface area (Å²) in [5.41, 5.74) is 5.92. The van der Waals surface area contributed by atoms with Crippen LogP contribution in [0.3, 0.4) is 0 Å². The second-order valence-corrected chi connectivity index (χ2v) is 5.39. The zero-order valence-electron chi connectivity index (χ0n) is 11.5. The summed E-state index contributed by atoms with van der Waals surface area (Å²) in [7, 11) is 0. The van der Waals surface area contributed by atoms with Gasteiger partial charge in [-0.05, 0) is 25.1 Å². The summed E-state index contributed by atoms with van der Waals surface area (Å²) < 4.78 is 5.66. The maximum atomic E-state index is 10.9. The molecule has 1 heterocycles. The molecule has 0 radical (unpaired) electrons. The van der Waals surface area contributed by atoms with Crippen molar-refractivity contribution >= 4 is 17.0 Å². The molecule has 6 heteroatoms. The monoisotopic (exact) mass is 302 g/mol. The van der Waals surface area contributed by atoms with E-state index in [1.54, 1.807) is 19.1 Å². The highest BCUT2D eigenvalue weighted by molar-refractivity contribution is 7.12. The predicted octanol–water partition coefficient (Wildman–Crippen LogP) is 2.85. The fourth-order valence-corrected chi connectivity index (χ4v) is 2.56. The molecule has 1 aromatic heterocycles. The molecule has 2 N–H and O–H groups in total. The Morgan fingerprint density at radius 1 is 1.38 bits per heavy atom. The van der Waals surface area contributed by atoms with Crippen molar-refractivity contribution in [2.24, 2.45) is 5.73 Å². The summed E-state index contributed by atoms with van der Waals surface area (Å²) in [6.45, 7) is 2.37. The van der Waals surface area contributed by atoms with Crippen molar-refractivity contribution in [1.82, 2.24) is 0 Å². The molecule has 0 aliphatic carbocycles. The first-order chi connectivity index (χ1) is 10.1. The molecule has 0 unspecified atom stereocenters. The standard InChI is InChI=1S/C15H14N2O3S/c1-11-14(17(18)19)5-2-6-15(11)20-10-13-8-7-12(21-13)4-3-9-16/h2,5-8H,9-10,16H2,1H3. The second kappa shape index (κ2) is 6.88. The molecule has 0 fully saturated rings. The van der Waals surface area contributed by atoms with Gasteiger partial charge < -0.3 is 10.5 Å². The average Bonchev–Trinajstić information content (AvgIpc) is 2.91. The molecule has 2 rings (SSSR count). The fourth-order valence-electron chi connectivity index (χ4n) is 1.77. The molecule has 1 aromatic carbocycles. The van der Waals surface area contributed by atoms with Crippen molar-refractivity contribution in [1.29, 1.82) is 0 Å². The first-order valence-electron chi connectivity index (χ1n) is 6.26. The summed E-state index contributed by atoms with van der Waals surface area (Å²) in [5.74, 6) is 6.27. The number of benzene rings is 1. The Labute approximate surface area is 126 Å². The van der Waals surface area contributed by atoms with Gasteiger partial charge in [-0.2, -0.15) is 0 Å². The van der Waals surface area contributed by atoms with E-state index in [9.17, 15) is 10.1 Å². The molecule has 0 atom stereocenters. The van der Waals surface area contributed by atoms with Crippen LogP contribution in [-0.2, 0) is 6.61 Å². The normalized spacial score (nSPS) is 9.81. The van der Waals surface area contributed by atoms with E-state index in [0.717, 1.165) is 9.75 Å². The molecule has 0 spiro atoms. The summed E-state index contributed by atoms with van der Waals surface area (Å²) in [6, 6.07) is 8.65. The van der Waals surface area contributed by atoms with Crippen molar-refractivity contribution in [3.05, 3.63) is 55.8 Å². The highest BCUT2D eigenvalue weighted by Gasteiger charge is 2.14. The van der Waals surface area contributed by atoms with Gasteiger partial charge >= 0.3 is 0 Å². The smallest absolute Gasteiger partial charge is 0.276 e. The Balaban J connectivity index is 2.08. The third kappa shape index (κ3) is 3.81. The Bertz CT molecular complexity index is 713. The first kappa shape index (κ1) is 15.0. The van der Waals surface area contributed by atoms with Crippen LogP contribution in [0.1, 0.15) is 15.3 Å². The highest BCUT2D eigenvalue weighted by Crippen LogP contribution is 2.28. The predicted molar refractivity (Wildman–Crippen MR) is 82.4 cm³/mol. The molecule has 108 valence electrons. The molecule has 0 saturated carbocycles. The van der Waals surface area contributed by atoms with Crippen molar-refractivity contribution in [2.45, 2.75) is 13.5 Å². The molecular weight excluding hydrogens is 288 g/mol. The largest absolute Gasteiger partial charge is 0.488 e. The van der Waals surface area contributed by atoms with Gasteiger partial charge in [-0.15, -0.1) is 11.3 Å². The van der Waals surface area contributed by atoms with Crippen LogP contribution < -0.4 is 10.5 Å². The van der Waals surface area contributed by atoms with E-state index in [1.165, 1.54) is 17.4 Å².